The van der Waals surface area contributed by atoms with E-state index in [1.807, 2.05) is 0 Å². The van der Waals surface area contributed by atoms with Crippen LogP contribution < -0.4 is 10.1 Å². The molecule has 0 aromatic heterocycles. The monoisotopic (exact) mass is 263 g/mol. The van der Waals surface area contributed by atoms with E-state index in [-0.39, 0.29) is 12.1 Å². The van der Waals surface area contributed by atoms with Gasteiger partial charge in [0.15, 0.2) is 0 Å². The van der Waals surface area contributed by atoms with E-state index in [0.717, 1.165) is 12.1 Å². The van der Waals surface area contributed by atoms with Crippen LogP contribution in [0.4, 0.5) is 13.2 Å². The molecule has 7 heteroatoms. The van der Waals surface area contributed by atoms with Crippen LogP contribution in [0.5, 0.6) is 5.75 Å². The Balaban J connectivity index is 2.62. The average molecular weight is 263 g/mol. The minimum atomic E-state index is -4.75. The highest BCUT2D eigenvalue weighted by molar-refractivity contribution is 5.94. The maximum Gasteiger partial charge on any atom is 0.573 e. The molecule has 1 rings (SSSR count). The molecule has 1 atom stereocenters. The van der Waals surface area contributed by atoms with Crippen molar-refractivity contribution in [3.05, 3.63) is 29.8 Å². The van der Waals surface area contributed by atoms with Crippen molar-refractivity contribution in [1.29, 1.82) is 0 Å². The minimum absolute atomic E-state index is 0.0691. The van der Waals surface area contributed by atoms with Gasteiger partial charge in [-0.15, -0.1) is 13.2 Å². The van der Waals surface area contributed by atoms with Crippen molar-refractivity contribution in [1.82, 2.24) is 5.32 Å². The second-order valence-electron chi connectivity index (χ2n) is 3.63. The zero-order valence-electron chi connectivity index (χ0n) is 9.49. The van der Waals surface area contributed by atoms with Crippen LogP contribution in [0.15, 0.2) is 24.3 Å². The predicted molar refractivity (Wildman–Crippen MR) is 57.1 cm³/mol. The second kappa shape index (κ2) is 5.72. The lowest BCUT2D eigenvalue weighted by Crippen LogP contribution is -2.30. The van der Waals surface area contributed by atoms with Crippen LogP contribution in [0.1, 0.15) is 17.3 Å². The highest BCUT2D eigenvalue weighted by atomic mass is 19.4. The van der Waals surface area contributed by atoms with Crippen LogP contribution >= 0.6 is 0 Å². The van der Waals surface area contributed by atoms with Gasteiger partial charge in [-0.1, -0.05) is 0 Å². The van der Waals surface area contributed by atoms with Gasteiger partial charge in [0, 0.05) is 12.1 Å². The Hall–Kier alpha value is -1.76. The quantitative estimate of drug-likeness (QED) is 0.869. The summed E-state index contributed by atoms with van der Waals surface area (Å²) in [5.41, 5.74) is 0.185. The largest absolute Gasteiger partial charge is 0.573 e. The third kappa shape index (κ3) is 5.05. The first kappa shape index (κ1) is 14.3. The minimum Gasteiger partial charge on any atom is -0.406 e. The SMILES string of the molecule is C[C@H](O)CNC(=O)c1ccc(OC(F)(F)F)cc1. The van der Waals surface area contributed by atoms with Crippen molar-refractivity contribution in [2.24, 2.45) is 0 Å². The summed E-state index contributed by atoms with van der Waals surface area (Å²) in [5, 5.41) is 11.4. The lowest BCUT2D eigenvalue weighted by molar-refractivity contribution is -0.274. The molecule has 1 aromatic rings. The lowest BCUT2D eigenvalue weighted by Gasteiger charge is -2.10. The number of carbonyl (C=O) groups is 1. The summed E-state index contributed by atoms with van der Waals surface area (Å²) in [6.07, 6.45) is -5.45. The van der Waals surface area contributed by atoms with E-state index in [1.165, 1.54) is 19.1 Å². The standard InChI is InChI=1S/C11H12F3NO3/c1-7(16)6-15-10(17)8-2-4-9(5-3-8)18-11(12,13)14/h2-5,7,16H,6H2,1H3,(H,15,17)/t7-/m0/s1. The summed E-state index contributed by atoms with van der Waals surface area (Å²) in [6.45, 7) is 1.57. The first-order chi connectivity index (χ1) is 8.28. The van der Waals surface area contributed by atoms with Gasteiger partial charge < -0.3 is 15.2 Å². The molecule has 0 spiro atoms. The van der Waals surface area contributed by atoms with E-state index in [1.54, 1.807) is 0 Å². The molecule has 1 amide bonds. The number of hydrogen-bond acceptors (Lipinski definition) is 3. The third-order valence-electron chi connectivity index (χ3n) is 1.91. The number of aliphatic hydroxyl groups excluding tert-OH is 1. The maximum absolute atomic E-state index is 11.9. The topological polar surface area (TPSA) is 58.6 Å². The summed E-state index contributed by atoms with van der Waals surface area (Å²) in [6, 6.07) is 4.51. The van der Waals surface area contributed by atoms with Crippen molar-refractivity contribution in [3.8, 4) is 5.75 Å². The molecule has 0 bridgehead atoms. The van der Waals surface area contributed by atoms with Gasteiger partial charge in [-0.05, 0) is 31.2 Å². The highest BCUT2D eigenvalue weighted by Crippen LogP contribution is 2.22. The van der Waals surface area contributed by atoms with E-state index in [2.05, 4.69) is 10.1 Å². The number of alkyl halides is 3. The molecule has 4 nitrogen and oxygen atoms in total. The Kier molecular flexibility index (Phi) is 4.55. The molecule has 1 aromatic carbocycles. The molecule has 0 aliphatic carbocycles. The van der Waals surface area contributed by atoms with Gasteiger partial charge in [-0.2, -0.15) is 0 Å². The fourth-order valence-corrected chi connectivity index (χ4v) is 1.15. The van der Waals surface area contributed by atoms with Crippen molar-refractivity contribution in [2.45, 2.75) is 19.4 Å². The zero-order valence-corrected chi connectivity index (χ0v) is 9.49. The summed E-state index contributed by atoms with van der Waals surface area (Å²) < 4.78 is 39.3. The molecule has 0 aliphatic rings. The Bertz CT molecular complexity index is 401. The lowest BCUT2D eigenvalue weighted by atomic mass is 10.2. The average Bonchev–Trinajstić information content (AvgIpc) is 2.24. The number of nitrogens with one attached hydrogen (secondary N) is 1. The zero-order chi connectivity index (χ0) is 13.8. The van der Waals surface area contributed by atoms with E-state index >= 15 is 0 Å². The molecule has 100 valence electrons. The maximum atomic E-state index is 11.9. The number of hydrogen-bond donors (Lipinski definition) is 2. The van der Waals surface area contributed by atoms with E-state index in [9.17, 15) is 18.0 Å². The molecule has 0 heterocycles. The van der Waals surface area contributed by atoms with Crippen LogP contribution in [0.3, 0.4) is 0 Å². The Morgan fingerprint density at radius 1 is 1.39 bits per heavy atom. The van der Waals surface area contributed by atoms with Gasteiger partial charge in [0.2, 0.25) is 0 Å². The first-order valence-corrected chi connectivity index (χ1v) is 5.10. The van der Waals surface area contributed by atoms with Gasteiger partial charge in [-0.25, -0.2) is 0 Å². The summed E-state index contributed by atoms with van der Waals surface area (Å²) in [5.74, 6) is -0.871. The first-order valence-electron chi connectivity index (χ1n) is 5.10. The van der Waals surface area contributed by atoms with Crippen molar-refractivity contribution < 1.29 is 27.8 Å². The summed E-state index contributed by atoms with van der Waals surface area (Å²) >= 11 is 0. The van der Waals surface area contributed by atoms with Crippen LogP contribution in [-0.2, 0) is 0 Å². The Morgan fingerprint density at radius 3 is 2.39 bits per heavy atom. The number of halogens is 3. The molecule has 0 radical (unpaired) electrons. The van der Waals surface area contributed by atoms with Gasteiger partial charge in [0.25, 0.3) is 5.91 Å². The van der Waals surface area contributed by atoms with Gasteiger partial charge >= 0.3 is 6.36 Å². The van der Waals surface area contributed by atoms with E-state index in [0.29, 0.717) is 0 Å². The summed E-state index contributed by atoms with van der Waals surface area (Å²) in [7, 11) is 0. The number of ether oxygens (including phenoxy) is 1. The van der Waals surface area contributed by atoms with E-state index < -0.39 is 24.1 Å². The normalized spacial score (nSPS) is 12.9. The molecule has 0 fully saturated rings. The van der Waals surface area contributed by atoms with E-state index in [4.69, 9.17) is 5.11 Å². The molecule has 18 heavy (non-hydrogen) atoms. The second-order valence-corrected chi connectivity index (χ2v) is 3.63. The van der Waals surface area contributed by atoms with Crippen molar-refractivity contribution >= 4 is 5.91 Å². The van der Waals surface area contributed by atoms with Gasteiger partial charge in [0.05, 0.1) is 6.10 Å². The van der Waals surface area contributed by atoms with Crippen LogP contribution in [-0.4, -0.2) is 30.0 Å². The Morgan fingerprint density at radius 2 is 1.94 bits per heavy atom. The van der Waals surface area contributed by atoms with Crippen molar-refractivity contribution in [2.75, 3.05) is 6.54 Å². The molecule has 0 saturated carbocycles. The predicted octanol–water partition coefficient (Wildman–Crippen LogP) is 1.70. The Labute approximate surface area is 101 Å². The highest BCUT2D eigenvalue weighted by Gasteiger charge is 2.31. The third-order valence-corrected chi connectivity index (χ3v) is 1.91. The molecule has 0 unspecified atom stereocenters. The molecule has 0 saturated heterocycles. The molecular weight excluding hydrogens is 251 g/mol. The number of carbonyl (C=O) groups excluding carboxylic acids is 1. The van der Waals surface area contributed by atoms with Crippen LogP contribution in [0, 0.1) is 0 Å². The van der Waals surface area contributed by atoms with Crippen LogP contribution in [0.25, 0.3) is 0 Å². The number of amides is 1. The van der Waals surface area contributed by atoms with Gasteiger partial charge in [-0.3, -0.25) is 4.79 Å². The fraction of sp³-hybridized carbons (Fsp3) is 0.364. The molecule has 2 N–H and O–H groups in total. The smallest absolute Gasteiger partial charge is 0.406 e. The number of rotatable bonds is 4. The number of aliphatic hydroxyl groups is 1. The fourth-order valence-electron chi connectivity index (χ4n) is 1.15. The molecular formula is C11H12F3NO3. The number of benzene rings is 1. The van der Waals surface area contributed by atoms with Crippen LogP contribution in [0.2, 0.25) is 0 Å². The van der Waals surface area contributed by atoms with Gasteiger partial charge in [0.1, 0.15) is 5.75 Å². The summed E-state index contributed by atoms with van der Waals surface area (Å²) in [4.78, 5) is 11.5. The van der Waals surface area contributed by atoms with Crippen molar-refractivity contribution in [3.63, 3.8) is 0 Å². The molecule has 0 aliphatic heterocycles.